The number of alkyl halides is 3. The van der Waals surface area contributed by atoms with Gasteiger partial charge in [0.05, 0.1) is 5.01 Å². The molecule has 0 spiro atoms. The standard InChI is InChI=1S/C17H18F3N7S.HI/c1-21-16(24-5-3-15-26-13(10-28-15)17(18,19)20)25-9-12-2-4-23-14(8-12)27-7-6-22-11-27;/h2,4,6-8,10-11H,3,5,9H2,1H3,(H2,21,24,25);1H. The molecule has 0 radical (unpaired) electrons. The summed E-state index contributed by atoms with van der Waals surface area (Å²) in [6, 6.07) is 3.81. The fourth-order valence-corrected chi connectivity index (χ4v) is 3.16. The summed E-state index contributed by atoms with van der Waals surface area (Å²) in [5.41, 5.74) is 0.151. The van der Waals surface area contributed by atoms with E-state index in [-0.39, 0.29) is 24.0 Å². The maximum atomic E-state index is 12.6. The normalized spacial score (nSPS) is 11.8. The molecule has 7 nitrogen and oxygen atoms in total. The fourth-order valence-electron chi connectivity index (χ4n) is 2.36. The molecule has 2 N–H and O–H groups in total. The number of pyridine rings is 1. The second-order valence-electron chi connectivity index (χ2n) is 5.72. The van der Waals surface area contributed by atoms with Crippen LogP contribution in [0.3, 0.4) is 0 Å². The van der Waals surface area contributed by atoms with Gasteiger partial charge in [-0.25, -0.2) is 15.0 Å². The summed E-state index contributed by atoms with van der Waals surface area (Å²) >= 11 is 1.00. The Labute approximate surface area is 186 Å². The topological polar surface area (TPSA) is 80.0 Å². The summed E-state index contributed by atoms with van der Waals surface area (Å²) in [6.45, 7) is 0.931. The lowest BCUT2D eigenvalue weighted by Crippen LogP contribution is -2.37. The van der Waals surface area contributed by atoms with E-state index in [1.807, 2.05) is 18.3 Å². The molecule has 0 saturated heterocycles. The van der Waals surface area contributed by atoms with E-state index in [4.69, 9.17) is 0 Å². The second kappa shape index (κ2) is 10.5. The molecule has 29 heavy (non-hydrogen) atoms. The Hall–Kier alpha value is -2.22. The van der Waals surface area contributed by atoms with Gasteiger partial charge < -0.3 is 10.6 Å². The van der Waals surface area contributed by atoms with Crippen molar-refractivity contribution in [2.45, 2.75) is 19.1 Å². The molecule has 0 saturated carbocycles. The molecule has 0 aliphatic carbocycles. The predicted octanol–water partition coefficient (Wildman–Crippen LogP) is 3.27. The molecule has 3 aromatic heterocycles. The maximum absolute atomic E-state index is 12.6. The van der Waals surface area contributed by atoms with E-state index in [0.29, 0.717) is 30.5 Å². The van der Waals surface area contributed by atoms with Crippen molar-refractivity contribution in [3.63, 3.8) is 0 Å². The lowest BCUT2D eigenvalue weighted by Gasteiger charge is -2.12. The Morgan fingerprint density at radius 2 is 2.10 bits per heavy atom. The first-order valence-corrected chi connectivity index (χ1v) is 9.23. The summed E-state index contributed by atoms with van der Waals surface area (Å²) in [5, 5.41) is 7.69. The van der Waals surface area contributed by atoms with Crippen LogP contribution >= 0.6 is 35.3 Å². The minimum atomic E-state index is -4.40. The van der Waals surface area contributed by atoms with Crippen molar-refractivity contribution in [3.05, 3.63) is 58.7 Å². The maximum Gasteiger partial charge on any atom is 0.434 e. The molecule has 12 heteroatoms. The average Bonchev–Trinajstić information content (AvgIpc) is 3.36. The van der Waals surface area contributed by atoms with Crippen LogP contribution in [0.4, 0.5) is 13.2 Å². The highest BCUT2D eigenvalue weighted by atomic mass is 127. The Bertz CT molecular complexity index is 925. The molecule has 3 heterocycles. The molecule has 3 rings (SSSR count). The van der Waals surface area contributed by atoms with E-state index in [0.717, 1.165) is 28.1 Å². The van der Waals surface area contributed by atoms with Gasteiger partial charge in [-0.3, -0.25) is 9.56 Å². The largest absolute Gasteiger partial charge is 0.434 e. The van der Waals surface area contributed by atoms with Gasteiger partial charge in [-0.1, -0.05) is 0 Å². The van der Waals surface area contributed by atoms with Crippen LogP contribution in [0.1, 0.15) is 16.3 Å². The highest BCUT2D eigenvalue weighted by Gasteiger charge is 2.33. The third-order valence-electron chi connectivity index (χ3n) is 3.74. The first kappa shape index (κ1) is 23.1. The van der Waals surface area contributed by atoms with Gasteiger partial charge in [-0.05, 0) is 17.7 Å². The molecule has 0 amide bonds. The van der Waals surface area contributed by atoms with Crippen molar-refractivity contribution >= 4 is 41.3 Å². The van der Waals surface area contributed by atoms with Gasteiger partial charge in [0.1, 0.15) is 12.1 Å². The van der Waals surface area contributed by atoms with Crippen molar-refractivity contribution in [2.75, 3.05) is 13.6 Å². The Morgan fingerprint density at radius 3 is 2.76 bits per heavy atom. The highest BCUT2D eigenvalue weighted by molar-refractivity contribution is 14.0. The molecular formula is C17H19F3IN7S. The molecular weight excluding hydrogens is 518 g/mol. The molecule has 0 bridgehead atoms. The number of hydrogen-bond acceptors (Lipinski definition) is 5. The van der Waals surface area contributed by atoms with Crippen LogP contribution in [0.5, 0.6) is 0 Å². The lowest BCUT2D eigenvalue weighted by atomic mass is 10.2. The van der Waals surface area contributed by atoms with Crippen molar-refractivity contribution < 1.29 is 13.2 Å². The Kier molecular flexibility index (Phi) is 8.37. The molecule has 0 aliphatic heterocycles. The lowest BCUT2D eigenvalue weighted by molar-refractivity contribution is -0.140. The fraction of sp³-hybridized carbons (Fsp3) is 0.294. The van der Waals surface area contributed by atoms with Crippen molar-refractivity contribution in [1.29, 1.82) is 0 Å². The van der Waals surface area contributed by atoms with E-state index in [2.05, 4.69) is 30.6 Å². The third-order valence-corrected chi connectivity index (χ3v) is 4.64. The first-order chi connectivity index (χ1) is 13.5. The molecule has 156 valence electrons. The van der Waals surface area contributed by atoms with Crippen LogP contribution in [-0.2, 0) is 19.1 Å². The summed E-state index contributed by atoms with van der Waals surface area (Å²) in [5.74, 6) is 1.30. The second-order valence-corrected chi connectivity index (χ2v) is 6.66. The van der Waals surface area contributed by atoms with Crippen LogP contribution in [-0.4, -0.2) is 39.1 Å². The molecule has 3 aromatic rings. The number of nitrogens with zero attached hydrogens (tertiary/aromatic N) is 5. The third kappa shape index (κ3) is 6.66. The van der Waals surface area contributed by atoms with Crippen LogP contribution in [0, 0.1) is 0 Å². The summed E-state index contributed by atoms with van der Waals surface area (Å²) in [6.07, 6.45) is 2.84. The van der Waals surface area contributed by atoms with Crippen molar-refractivity contribution in [2.24, 2.45) is 4.99 Å². The van der Waals surface area contributed by atoms with Gasteiger partial charge in [0.2, 0.25) is 0 Å². The molecule has 0 aliphatic rings. The van der Waals surface area contributed by atoms with E-state index < -0.39 is 11.9 Å². The van der Waals surface area contributed by atoms with Gasteiger partial charge in [0.25, 0.3) is 0 Å². The number of nitrogens with one attached hydrogen (secondary N) is 2. The number of halogens is 4. The van der Waals surface area contributed by atoms with Crippen LogP contribution < -0.4 is 10.6 Å². The van der Waals surface area contributed by atoms with Crippen LogP contribution in [0.2, 0.25) is 0 Å². The smallest absolute Gasteiger partial charge is 0.356 e. The highest BCUT2D eigenvalue weighted by Crippen LogP contribution is 2.29. The van der Waals surface area contributed by atoms with Crippen molar-refractivity contribution in [3.8, 4) is 5.82 Å². The number of thiazole rings is 1. The SMILES string of the molecule is CN=C(NCCc1nc(C(F)(F)F)cs1)NCc1ccnc(-n2ccnc2)c1.I. The zero-order valence-electron chi connectivity index (χ0n) is 15.3. The summed E-state index contributed by atoms with van der Waals surface area (Å²) in [4.78, 5) is 16.0. The molecule has 0 unspecified atom stereocenters. The van der Waals surface area contributed by atoms with E-state index in [9.17, 15) is 13.2 Å². The predicted molar refractivity (Wildman–Crippen MR) is 116 cm³/mol. The summed E-state index contributed by atoms with van der Waals surface area (Å²) < 4.78 is 39.5. The van der Waals surface area contributed by atoms with Crippen molar-refractivity contribution in [1.82, 2.24) is 30.2 Å². The first-order valence-electron chi connectivity index (χ1n) is 8.35. The monoisotopic (exact) mass is 537 g/mol. The Morgan fingerprint density at radius 1 is 1.28 bits per heavy atom. The zero-order chi connectivity index (χ0) is 20.0. The molecule has 0 aromatic carbocycles. The van der Waals surface area contributed by atoms with Gasteiger partial charge in [0, 0.05) is 50.5 Å². The van der Waals surface area contributed by atoms with Crippen LogP contribution in [0.15, 0.2) is 47.4 Å². The number of imidazole rings is 1. The minimum absolute atomic E-state index is 0. The summed E-state index contributed by atoms with van der Waals surface area (Å²) in [7, 11) is 1.63. The quantitative estimate of drug-likeness (QED) is 0.287. The van der Waals surface area contributed by atoms with Gasteiger partial charge in [0.15, 0.2) is 11.7 Å². The van der Waals surface area contributed by atoms with Crippen LogP contribution in [0.25, 0.3) is 5.82 Å². The Balaban J connectivity index is 0.00000300. The molecule has 0 fully saturated rings. The number of aromatic nitrogens is 4. The van der Waals surface area contributed by atoms with E-state index in [1.54, 1.807) is 30.3 Å². The minimum Gasteiger partial charge on any atom is -0.356 e. The number of guanidine groups is 1. The molecule has 0 atom stereocenters. The number of aliphatic imine (C=N–C) groups is 1. The van der Waals surface area contributed by atoms with E-state index >= 15 is 0 Å². The van der Waals surface area contributed by atoms with E-state index in [1.165, 1.54) is 0 Å². The number of rotatable bonds is 6. The zero-order valence-corrected chi connectivity index (χ0v) is 18.5. The van der Waals surface area contributed by atoms with Gasteiger partial charge >= 0.3 is 6.18 Å². The average molecular weight is 537 g/mol. The number of hydrogen-bond donors (Lipinski definition) is 2. The van der Waals surface area contributed by atoms with Gasteiger partial charge in [-0.2, -0.15) is 13.2 Å². The van der Waals surface area contributed by atoms with Gasteiger partial charge in [-0.15, -0.1) is 35.3 Å².